The molecule has 6 rings (SSSR count). The van der Waals surface area contributed by atoms with Crippen molar-refractivity contribution in [2.75, 3.05) is 30.3 Å². The molecule has 0 saturated heterocycles. The number of ether oxygens (including phenoxy) is 1. The Morgan fingerprint density at radius 1 is 1.00 bits per heavy atom. The molecule has 0 aromatic heterocycles. The highest BCUT2D eigenvalue weighted by atomic mass is 32.2. The third kappa shape index (κ3) is 5.26. The van der Waals surface area contributed by atoms with E-state index in [0.29, 0.717) is 18.8 Å². The number of hydrogen-bond acceptors (Lipinski definition) is 4. The average Bonchev–Trinajstić information content (AvgIpc) is 2.80. The summed E-state index contributed by atoms with van der Waals surface area (Å²) in [6.07, 6.45) is 9.12. The second-order valence-electron chi connectivity index (χ2n) is 11.5. The number of hydrogen-bond donors (Lipinski definition) is 1. The van der Waals surface area contributed by atoms with Crippen molar-refractivity contribution < 1.29 is 17.9 Å². The van der Waals surface area contributed by atoms with E-state index in [1.165, 1.54) is 54.0 Å². The van der Waals surface area contributed by atoms with Crippen LogP contribution in [-0.4, -0.2) is 40.3 Å². The van der Waals surface area contributed by atoms with Gasteiger partial charge in [0.15, 0.2) is 0 Å². The van der Waals surface area contributed by atoms with Gasteiger partial charge < -0.3 is 10.1 Å². The third-order valence-corrected chi connectivity index (χ3v) is 9.65. The van der Waals surface area contributed by atoms with Crippen LogP contribution in [0.4, 0.5) is 5.69 Å². The molecule has 2 aromatic carbocycles. The van der Waals surface area contributed by atoms with Gasteiger partial charge in [-0.1, -0.05) is 29.8 Å². The quantitative estimate of drug-likeness (QED) is 0.495. The number of nitrogens with zero attached hydrogens (tertiary/aromatic N) is 1. The fraction of sp³-hybridized carbons (Fsp3) is 0.552. The first-order valence-electron chi connectivity index (χ1n) is 13.2. The molecule has 0 heterocycles. The van der Waals surface area contributed by atoms with Gasteiger partial charge >= 0.3 is 0 Å². The normalized spacial score (nSPS) is 26.6. The van der Waals surface area contributed by atoms with Crippen LogP contribution in [0.25, 0.3) is 0 Å². The van der Waals surface area contributed by atoms with Crippen molar-refractivity contribution >= 4 is 21.6 Å². The SMILES string of the molecule is Cc1ccc(OCCNC(=O)CN(c2ccc(C34CC5CC(CC(C5)C3)C4)cc2)S(C)(=O)=O)c(C)c1. The monoisotopic (exact) mass is 510 g/mol. The molecule has 0 spiro atoms. The van der Waals surface area contributed by atoms with E-state index in [1.54, 1.807) is 0 Å². The van der Waals surface area contributed by atoms with Gasteiger partial charge in [0.25, 0.3) is 0 Å². The maximum Gasteiger partial charge on any atom is 0.240 e. The molecule has 1 N–H and O–H groups in total. The topological polar surface area (TPSA) is 75.7 Å². The lowest BCUT2D eigenvalue weighted by Gasteiger charge is -2.57. The summed E-state index contributed by atoms with van der Waals surface area (Å²) in [4.78, 5) is 12.6. The third-order valence-electron chi connectivity index (χ3n) is 8.51. The van der Waals surface area contributed by atoms with Gasteiger partial charge in [0, 0.05) is 0 Å². The van der Waals surface area contributed by atoms with Crippen LogP contribution in [0.5, 0.6) is 5.75 Å². The van der Waals surface area contributed by atoms with E-state index in [-0.39, 0.29) is 17.9 Å². The number of carbonyl (C=O) groups excluding carboxylic acids is 1. The van der Waals surface area contributed by atoms with Crippen molar-refractivity contribution in [3.63, 3.8) is 0 Å². The molecule has 1 amide bonds. The summed E-state index contributed by atoms with van der Waals surface area (Å²) in [5.41, 5.74) is 4.34. The Morgan fingerprint density at radius 2 is 1.61 bits per heavy atom. The number of amides is 1. The number of nitrogens with one attached hydrogen (secondary N) is 1. The molecule has 0 radical (unpaired) electrons. The maximum atomic E-state index is 12.6. The minimum Gasteiger partial charge on any atom is -0.491 e. The predicted octanol–water partition coefficient (Wildman–Crippen LogP) is 4.73. The summed E-state index contributed by atoms with van der Waals surface area (Å²) in [7, 11) is -3.61. The van der Waals surface area contributed by atoms with Gasteiger partial charge in [0.1, 0.15) is 18.9 Å². The first-order chi connectivity index (χ1) is 17.1. The fourth-order valence-electron chi connectivity index (χ4n) is 7.34. The van der Waals surface area contributed by atoms with Gasteiger partial charge in [0.2, 0.25) is 15.9 Å². The molecule has 0 unspecified atom stereocenters. The molecular formula is C29H38N2O4S. The van der Waals surface area contributed by atoms with Crippen molar-refractivity contribution in [1.29, 1.82) is 0 Å². The summed E-state index contributed by atoms with van der Waals surface area (Å²) >= 11 is 0. The van der Waals surface area contributed by atoms with E-state index in [9.17, 15) is 13.2 Å². The molecule has 0 atom stereocenters. The molecule has 7 heteroatoms. The van der Waals surface area contributed by atoms with Gasteiger partial charge in [0.05, 0.1) is 18.5 Å². The molecule has 4 aliphatic carbocycles. The number of benzene rings is 2. The molecule has 4 aliphatic rings. The Hall–Kier alpha value is -2.54. The minimum absolute atomic E-state index is 0.251. The van der Waals surface area contributed by atoms with E-state index >= 15 is 0 Å². The summed E-state index contributed by atoms with van der Waals surface area (Å²) in [6, 6.07) is 13.9. The highest BCUT2D eigenvalue weighted by Crippen LogP contribution is 2.60. The Kier molecular flexibility index (Phi) is 6.79. The molecule has 36 heavy (non-hydrogen) atoms. The van der Waals surface area contributed by atoms with Crippen molar-refractivity contribution in [3.05, 3.63) is 59.2 Å². The number of carbonyl (C=O) groups is 1. The first-order valence-corrected chi connectivity index (χ1v) is 15.0. The first kappa shape index (κ1) is 25.1. The van der Waals surface area contributed by atoms with Crippen molar-refractivity contribution in [3.8, 4) is 5.75 Å². The van der Waals surface area contributed by atoms with Gasteiger partial charge in [-0.15, -0.1) is 0 Å². The van der Waals surface area contributed by atoms with Crippen LogP contribution >= 0.6 is 0 Å². The summed E-state index contributed by atoms with van der Waals surface area (Å²) in [6.45, 7) is 4.38. The molecular weight excluding hydrogens is 472 g/mol. The van der Waals surface area contributed by atoms with Crippen LogP contribution in [0, 0.1) is 31.6 Å². The van der Waals surface area contributed by atoms with Gasteiger partial charge in [-0.3, -0.25) is 9.10 Å². The van der Waals surface area contributed by atoms with Crippen molar-refractivity contribution in [2.45, 2.75) is 57.8 Å². The lowest BCUT2D eigenvalue weighted by molar-refractivity contribution is -0.119. The van der Waals surface area contributed by atoms with Gasteiger partial charge in [-0.25, -0.2) is 8.42 Å². The summed E-state index contributed by atoms with van der Waals surface area (Å²) in [5.74, 6) is 2.99. The highest BCUT2D eigenvalue weighted by Gasteiger charge is 2.51. The largest absolute Gasteiger partial charge is 0.491 e. The highest BCUT2D eigenvalue weighted by molar-refractivity contribution is 7.92. The molecule has 194 valence electrons. The zero-order valence-corrected chi connectivity index (χ0v) is 22.4. The molecule has 2 aromatic rings. The van der Waals surface area contributed by atoms with Crippen LogP contribution in [0.15, 0.2) is 42.5 Å². The van der Waals surface area contributed by atoms with E-state index < -0.39 is 10.0 Å². The number of anilines is 1. The zero-order valence-electron chi connectivity index (χ0n) is 21.6. The number of sulfonamides is 1. The van der Waals surface area contributed by atoms with Crippen LogP contribution in [-0.2, 0) is 20.2 Å². The van der Waals surface area contributed by atoms with Gasteiger partial charge in [-0.05, 0) is 105 Å². The lowest BCUT2D eigenvalue weighted by atomic mass is 9.48. The van der Waals surface area contributed by atoms with E-state index in [1.807, 2.05) is 44.2 Å². The molecule has 4 saturated carbocycles. The summed E-state index contributed by atoms with van der Waals surface area (Å²) < 4.78 is 32.1. The average molecular weight is 511 g/mol. The van der Waals surface area contributed by atoms with Crippen LogP contribution < -0.4 is 14.4 Å². The fourth-order valence-corrected chi connectivity index (χ4v) is 8.20. The van der Waals surface area contributed by atoms with E-state index in [0.717, 1.165) is 35.3 Å². The lowest BCUT2D eigenvalue weighted by Crippen LogP contribution is -2.48. The summed E-state index contributed by atoms with van der Waals surface area (Å²) in [5, 5.41) is 2.79. The van der Waals surface area contributed by atoms with Gasteiger partial charge in [-0.2, -0.15) is 0 Å². The van der Waals surface area contributed by atoms with E-state index in [2.05, 4.69) is 17.4 Å². The Morgan fingerprint density at radius 3 is 2.17 bits per heavy atom. The van der Waals surface area contributed by atoms with Crippen LogP contribution in [0.3, 0.4) is 0 Å². The molecule has 0 aliphatic heterocycles. The molecule has 6 nitrogen and oxygen atoms in total. The second-order valence-corrected chi connectivity index (χ2v) is 13.4. The minimum atomic E-state index is -3.61. The Labute approximate surface area is 215 Å². The molecule has 4 fully saturated rings. The van der Waals surface area contributed by atoms with E-state index in [4.69, 9.17) is 4.74 Å². The van der Waals surface area contributed by atoms with Crippen molar-refractivity contribution in [2.24, 2.45) is 17.8 Å². The number of aryl methyl sites for hydroxylation is 2. The standard InChI is InChI=1S/C29H38N2O4S/c1-20-4-9-27(21(2)12-20)35-11-10-30-28(32)19-31(36(3,33)34)26-7-5-25(6-8-26)29-16-22-13-23(17-29)15-24(14-22)18-29/h4-9,12,22-24H,10-11,13-19H2,1-3H3,(H,30,32). The maximum absolute atomic E-state index is 12.6. The molecule has 4 bridgehead atoms. The van der Waals surface area contributed by atoms with Crippen LogP contribution in [0.2, 0.25) is 0 Å². The Bertz CT molecular complexity index is 1190. The zero-order chi connectivity index (χ0) is 25.5. The predicted molar refractivity (Wildman–Crippen MR) is 143 cm³/mol. The number of rotatable bonds is 9. The Balaban J connectivity index is 1.20. The van der Waals surface area contributed by atoms with Crippen molar-refractivity contribution in [1.82, 2.24) is 5.32 Å². The van der Waals surface area contributed by atoms with Crippen LogP contribution in [0.1, 0.15) is 55.2 Å². The second kappa shape index (κ2) is 9.73. The smallest absolute Gasteiger partial charge is 0.240 e.